The lowest BCUT2D eigenvalue weighted by Crippen LogP contribution is -2.36. The second-order valence-corrected chi connectivity index (χ2v) is 7.24. The highest BCUT2D eigenvalue weighted by atomic mass is 35.5. The van der Waals surface area contributed by atoms with Crippen LogP contribution < -0.4 is 20.7 Å². The van der Waals surface area contributed by atoms with Crippen molar-refractivity contribution in [3.8, 4) is 28.4 Å². The Labute approximate surface area is 169 Å². The second-order valence-electron chi connectivity index (χ2n) is 6.83. The zero-order valence-electron chi connectivity index (χ0n) is 15.7. The standard InChI is InChI=1S/C21H16ClN3O4/c1-23-15-10-25(12-7-8-16-17(9-12)29-11-28-16)19(13-5-3-4-6-14(13)22)18(15)20(26)24(2)21(23)27/h3-10H,11H2,1-2H3. The third-order valence-electron chi connectivity index (χ3n) is 5.20. The lowest BCUT2D eigenvalue weighted by atomic mass is 10.1. The van der Waals surface area contributed by atoms with Crippen LogP contribution in [0.3, 0.4) is 0 Å². The molecule has 0 aliphatic carbocycles. The molecule has 0 saturated heterocycles. The maximum absolute atomic E-state index is 13.1. The van der Waals surface area contributed by atoms with Crippen LogP contribution in [0.25, 0.3) is 27.8 Å². The Morgan fingerprint density at radius 1 is 0.966 bits per heavy atom. The molecule has 1 aliphatic rings. The van der Waals surface area contributed by atoms with Crippen molar-refractivity contribution in [3.63, 3.8) is 0 Å². The van der Waals surface area contributed by atoms with Crippen LogP contribution in [0.5, 0.6) is 11.5 Å². The summed E-state index contributed by atoms with van der Waals surface area (Å²) in [5.74, 6) is 1.28. The van der Waals surface area contributed by atoms with Crippen molar-refractivity contribution in [1.29, 1.82) is 0 Å². The minimum Gasteiger partial charge on any atom is -0.454 e. The van der Waals surface area contributed by atoms with Crippen molar-refractivity contribution in [2.24, 2.45) is 14.1 Å². The van der Waals surface area contributed by atoms with E-state index in [9.17, 15) is 9.59 Å². The zero-order chi connectivity index (χ0) is 20.3. The molecule has 0 fully saturated rings. The molecule has 1 aliphatic heterocycles. The Morgan fingerprint density at radius 3 is 2.52 bits per heavy atom. The van der Waals surface area contributed by atoms with E-state index in [-0.39, 0.29) is 12.4 Å². The normalized spacial score (nSPS) is 12.7. The van der Waals surface area contributed by atoms with Crippen molar-refractivity contribution in [1.82, 2.24) is 13.7 Å². The number of benzene rings is 2. The smallest absolute Gasteiger partial charge is 0.330 e. The van der Waals surface area contributed by atoms with Crippen LogP contribution >= 0.6 is 11.6 Å². The molecular weight excluding hydrogens is 394 g/mol. The molecule has 29 heavy (non-hydrogen) atoms. The molecule has 0 atom stereocenters. The summed E-state index contributed by atoms with van der Waals surface area (Å²) in [5.41, 5.74) is 1.81. The molecule has 0 saturated carbocycles. The van der Waals surface area contributed by atoms with Gasteiger partial charge in [0.15, 0.2) is 11.5 Å². The Balaban J connectivity index is 1.94. The van der Waals surface area contributed by atoms with Crippen LogP contribution in [0.1, 0.15) is 0 Å². The first kappa shape index (κ1) is 17.6. The van der Waals surface area contributed by atoms with E-state index in [2.05, 4.69) is 0 Å². The lowest BCUT2D eigenvalue weighted by molar-refractivity contribution is 0.174. The van der Waals surface area contributed by atoms with Gasteiger partial charge in [-0.1, -0.05) is 29.8 Å². The van der Waals surface area contributed by atoms with E-state index in [1.165, 1.54) is 11.6 Å². The Bertz CT molecular complexity index is 1410. The fourth-order valence-electron chi connectivity index (χ4n) is 3.70. The lowest BCUT2D eigenvalue weighted by Gasteiger charge is -2.12. The van der Waals surface area contributed by atoms with Gasteiger partial charge in [-0.25, -0.2) is 4.79 Å². The Morgan fingerprint density at radius 2 is 1.72 bits per heavy atom. The Kier molecular flexibility index (Phi) is 3.82. The summed E-state index contributed by atoms with van der Waals surface area (Å²) in [4.78, 5) is 25.6. The molecule has 2 aromatic carbocycles. The van der Waals surface area contributed by atoms with Gasteiger partial charge in [0, 0.05) is 42.6 Å². The largest absolute Gasteiger partial charge is 0.454 e. The van der Waals surface area contributed by atoms with E-state index >= 15 is 0 Å². The number of aromatic nitrogens is 3. The van der Waals surface area contributed by atoms with E-state index < -0.39 is 5.69 Å². The van der Waals surface area contributed by atoms with Gasteiger partial charge in [0.05, 0.1) is 16.6 Å². The molecule has 0 spiro atoms. The van der Waals surface area contributed by atoms with Crippen molar-refractivity contribution < 1.29 is 9.47 Å². The molecule has 5 rings (SSSR count). The summed E-state index contributed by atoms with van der Waals surface area (Å²) < 4.78 is 15.3. The predicted molar refractivity (Wildman–Crippen MR) is 110 cm³/mol. The first-order valence-electron chi connectivity index (χ1n) is 8.93. The maximum atomic E-state index is 13.1. The van der Waals surface area contributed by atoms with Crippen molar-refractivity contribution in [2.75, 3.05) is 6.79 Å². The summed E-state index contributed by atoms with van der Waals surface area (Å²) >= 11 is 6.50. The molecular formula is C21H16ClN3O4. The number of ether oxygens (including phenoxy) is 2. The zero-order valence-corrected chi connectivity index (χ0v) is 16.4. The minimum atomic E-state index is -0.393. The number of hydrogen-bond donors (Lipinski definition) is 0. The van der Waals surface area contributed by atoms with E-state index in [1.54, 1.807) is 19.3 Å². The summed E-state index contributed by atoms with van der Waals surface area (Å²) in [7, 11) is 3.11. The van der Waals surface area contributed by atoms with Crippen LogP contribution in [0.2, 0.25) is 5.02 Å². The van der Waals surface area contributed by atoms with Crippen LogP contribution in [0, 0.1) is 0 Å². The van der Waals surface area contributed by atoms with Crippen LogP contribution in [-0.2, 0) is 14.1 Å². The third kappa shape index (κ3) is 2.51. The minimum absolute atomic E-state index is 0.166. The number of nitrogens with zero attached hydrogens (tertiary/aromatic N) is 3. The molecule has 8 heteroatoms. The van der Waals surface area contributed by atoms with Gasteiger partial charge in [0.2, 0.25) is 6.79 Å². The van der Waals surface area contributed by atoms with Gasteiger partial charge in [-0.3, -0.25) is 13.9 Å². The molecule has 146 valence electrons. The third-order valence-corrected chi connectivity index (χ3v) is 5.53. The molecule has 7 nitrogen and oxygen atoms in total. The van der Waals surface area contributed by atoms with Crippen LogP contribution in [-0.4, -0.2) is 20.5 Å². The molecule has 0 unspecified atom stereocenters. The van der Waals surface area contributed by atoms with E-state index in [4.69, 9.17) is 21.1 Å². The number of hydrogen-bond acceptors (Lipinski definition) is 4. The van der Waals surface area contributed by atoms with Crippen LogP contribution in [0.4, 0.5) is 0 Å². The number of rotatable bonds is 2. The van der Waals surface area contributed by atoms with Gasteiger partial charge in [-0.05, 0) is 18.2 Å². The van der Waals surface area contributed by atoms with Gasteiger partial charge < -0.3 is 14.0 Å². The number of aryl methyl sites for hydroxylation is 1. The molecule has 0 amide bonds. The van der Waals surface area contributed by atoms with Gasteiger partial charge >= 0.3 is 5.69 Å². The highest BCUT2D eigenvalue weighted by molar-refractivity contribution is 6.33. The second kappa shape index (κ2) is 6.28. The van der Waals surface area contributed by atoms with Crippen molar-refractivity contribution in [3.05, 3.63) is 74.5 Å². The topological polar surface area (TPSA) is 67.4 Å². The quantitative estimate of drug-likeness (QED) is 0.510. The summed E-state index contributed by atoms with van der Waals surface area (Å²) in [6.07, 6.45) is 1.77. The number of fused-ring (bicyclic) bond motifs is 2. The highest BCUT2D eigenvalue weighted by Gasteiger charge is 2.23. The average Bonchev–Trinajstić information content (AvgIpc) is 3.35. The molecule has 0 radical (unpaired) electrons. The van der Waals surface area contributed by atoms with Gasteiger partial charge in [-0.2, -0.15) is 0 Å². The molecule has 3 heterocycles. The van der Waals surface area contributed by atoms with E-state index in [0.29, 0.717) is 38.7 Å². The summed E-state index contributed by atoms with van der Waals surface area (Å²) in [5, 5.41) is 0.922. The maximum Gasteiger partial charge on any atom is 0.330 e. The fourth-order valence-corrected chi connectivity index (χ4v) is 3.92. The van der Waals surface area contributed by atoms with E-state index in [0.717, 1.165) is 10.3 Å². The first-order chi connectivity index (χ1) is 14.0. The predicted octanol–water partition coefficient (Wildman–Crippen LogP) is 3.08. The van der Waals surface area contributed by atoms with Gasteiger partial charge in [-0.15, -0.1) is 0 Å². The average molecular weight is 410 g/mol. The van der Waals surface area contributed by atoms with Crippen molar-refractivity contribution in [2.45, 2.75) is 0 Å². The van der Waals surface area contributed by atoms with Crippen LogP contribution in [0.15, 0.2) is 58.3 Å². The monoisotopic (exact) mass is 409 g/mol. The van der Waals surface area contributed by atoms with Gasteiger partial charge in [0.1, 0.15) is 0 Å². The summed E-state index contributed by atoms with van der Waals surface area (Å²) in [6.45, 7) is 0.166. The molecule has 0 N–H and O–H groups in total. The molecule has 2 aromatic heterocycles. The fraction of sp³-hybridized carbons (Fsp3) is 0.143. The van der Waals surface area contributed by atoms with Gasteiger partial charge in [0.25, 0.3) is 5.56 Å². The number of halogens is 1. The SMILES string of the molecule is Cn1c(=O)c2c(-c3ccccc3Cl)n(-c3ccc4c(c3)OCO4)cc2n(C)c1=O. The van der Waals surface area contributed by atoms with E-state index in [1.807, 2.05) is 41.0 Å². The molecule has 0 bridgehead atoms. The Hall–Kier alpha value is -3.45. The van der Waals surface area contributed by atoms with Crippen molar-refractivity contribution >= 4 is 22.5 Å². The summed E-state index contributed by atoms with van der Waals surface area (Å²) in [6, 6.07) is 12.8. The first-order valence-corrected chi connectivity index (χ1v) is 9.31. The highest BCUT2D eigenvalue weighted by Crippen LogP contribution is 2.38. The molecule has 4 aromatic rings.